The lowest BCUT2D eigenvalue weighted by Crippen LogP contribution is -2.61. The molecule has 0 spiro atoms. The van der Waals surface area contributed by atoms with Gasteiger partial charge in [0.25, 0.3) is 0 Å². The number of nitrogens with zero attached hydrogens (tertiary/aromatic N) is 1. The summed E-state index contributed by atoms with van der Waals surface area (Å²) >= 11 is 0. The Hall–Kier alpha value is -2.89. The second kappa shape index (κ2) is 9.16. The zero-order valence-corrected chi connectivity index (χ0v) is 15.4. The van der Waals surface area contributed by atoms with Crippen LogP contribution in [0.25, 0.3) is 0 Å². The van der Waals surface area contributed by atoms with Crippen LogP contribution in [-0.4, -0.2) is 22.5 Å². The second-order valence-electron chi connectivity index (χ2n) is 6.98. The summed E-state index contributed by atoms with van der Waals surface area (Å²) in [4.78, 5) is 29.4. The molecular formula is C21H26N4O2. The summed E-state index contributed by atoms with van der Waals surface area (Å²) in [6.07, 6.45) is 7.69. The number of benzene rings is 1. The van der Waals surface area contributed by atoms with Gasteiger partial charge < -0.3 is 16.0 Å². The summed E-state index contributed by atoms with van der Waals surface area (Å²) in [6.45, 7) is 0.835. The van der Waals surface area contributed by atoms with Crippen molar-refractivity contribution in [2.24, 2.45) is 0 Å². The molecule has 6 heteroatoms. The standard InChI is InChI=1S/C21H26N4O2/c26-19(23-16-18-10-7-13-22-14-18)21(11-5-2-6-12-21)25-20(27)24-15-17-8-3-1-4-9-17/h1,3-4,7-10,13-14H,2,5-6,11-12,15-16H2,(H,23,26)(H2,24,25,27). The number of hydrogen-bond acceptors (Lipinski definition) is 3. The summed E-state index contributed by atoms with van der Waals surface area (Å²) in [6, 6.07) is 13.2. The first kappa shape index (κ1) is 18.9. The molecular weight excluding hydrogens is 340 g/mol. The fourth-order valence-electron chi connectivity index (χ4n) is 3.46. The minimum absolute atomic E-state index is 0.124. The predicted octanol–water partition coefficient (Wildman–Crippen LogP) is 2.90. The van der Waals surface area contributed by atoms with Crippen molar-refractivity contribution in [2.45, 2.75) is 50.7 Å². The molecule has 1 aliphatic carbocycles. The number of urea groups is 1. The molecule has 1 saturated carbocycles. The summed E-state index contributed by atoms with van der Waals surface area (Å²) in [5.74, 6) is -0.124. The van der Waals surface area contributed by atoms with Crippen molar-refractivity contribution in [3.8, 4) is 0 Å². The van der Waals surface area contributed by atoms with Crippen molar-refractivity contribution in [3.63, 3.8) is 0 Å². The van der Waals surface area contributed by atoms with Crippen molar-refractivity contribution in [3.05, 3.63) is 66.0 Å². The van der Waals surface area contributed by atoms with Gasteiger partial charge in [-0.25, -0.2) is 4.79 Å². The lowest BCUT2D eigenvalue weighted by Gasteiger charge is -2.36. The molecule has 1 aliphatic rings. The number of nitrogens with one attached hydrogen (secondary N) is 3. The third-order valence-electron chi connectivity index (χ3n) is 4.97. The number of pyridine rings is 1. The molecule has 3 rings (SSSR count). The fraction of sp³-hybridized carbons (Fsp3) is 0.381. The van der Waals surface area contributed by atoms with Crippen LogP contribution in [0.3, 0.4) is 0 Å². The maximum absolute atomic E-state index is 12.9. The van der Waals surface area contributed by atoms with Crippen molar-refractivity contribution in [2.75, 3.05) is 0 Å². The maximum atomic E-state index is 12.9. The monoisotopic (exact) mass is 366 g/mol. The van der Waals surface area contributed by atoms with Gasteiger partial charge in [0.1, 0.15) is 5.54 Å². The Morgan fingerprint density at radius 3 is 2.30 bits per heavy atom. The Bertz CT molecular complexity index is 743. The highest BCUT2D eigenvalue weighted by molar-refractivity contribution is 5.91. The van der Waals surface area contributed by atoms with Crippen LogP contribution in [0.1, 0.15) is 43.2 Å². The molecule has 0 atom stereocenters. The summed E-state index contributed by atoms with van der Waals surface area (Å²) < 4.78 is 0. The van der Waals surface area contributed by atoms with Gasteiger partial charge in [-0.3, -0.25) is 9.78 Å². The average Bonchev–Trinajstić information content (AvgIpc) is 2.72. The first-order valence-electron chi connectivity index (χ1n) is 9.45. The molecule has 1 aromatic carbocycles. The van der Waals surface area contributed by atoms with Gasteiger partial charge in [0.15, 0.2) is 0 Å². The highest BCUT2D eigenvalue weighted by Crippen LogP contribution is 2.28. The summed E-state index contributed by atoms with van der Waals surface area (Å²) in [5, 5.41) is 8.79. The predicted molar refractivity (Wildman–Crippen MR) is 104 cm³/mol. The molecule has 0 saturated heterocycles. The van der Waals surface area contributed by atoms with E-state index in [4.69, 9.17) is 0 Å². The number of carbonyl (C=O) groups excluding carboxylic acids is 2. The van der Waals surface area contributed by atoms with E-state index >= 15 is 0 Å². The molecule has 1 fully saturated rings. The number of aromatic nitrogens is 1. The minimum Gasteiger partial charge on any atom is -0.350 e. The van der Waals surface area contributed by atoms with E-state index in [1.165, 1.54) is 0 Å². The Morgan fingerprint density at radius 1 is 0.889 bits per heavy atom. The third kappa shape index (κ3) is 5.29. The van der Waals surface area contributed by atoms with Crippen LogP contribution in [0.4, 0.5) is 4.79 Å². The largest absolute Gasteiger partial charge is 0.350 e. The molecule has 0 unspecified atom stereocenters. The molecule has 3 N–H and O–H groups in total. The number of rotatable bonds is 6. The second-order valence-corrected chi connectivity index (χ2v) is 6.98. The van der Waals surface area contributed by atoms with Crippen LogP contribution >= 0.6 is 0 Å². The SMILES string of the molecule is O=C(NCc1ccccc1)NC1(C(=O)NCc2cccnc2)CCCCC1. The quantitative estimate of drug-likeness (QED) is 0.735. The highest BCUT2D eigenvalue weighted by Gasteiger charge is 2.40. The van der Waals surface area contributed by atoms with Crippen LogP contribution in [0.15, 0.2) is 54.9 Å². The van der Waals surface area contributed by atoms with Crippen LogP contribution in [0.2, 0.25) is 0 Å². The van der Waals surface area contributed by atoms with Crippen molar-refractivity contribution >= 4 is 11.9 Å². The minimum atomic E-state index is -0.846. The first-order chi connectivity index (χ1) is 13.2. The Morgan fingerprint density at radius 2 is 1.59 bits per heavy atom. The molecule has 0 radical (unpaired) electrons. The Labute approximate surface area is 159 Å². The Balaban J connectivity index is 1.59. The third-order valence-corrected chi connectivity index (χ3v) is 4.97. The van der Waals surface area contributed by atoms with E-state index < -0.39 is 5.54 Å². The molecule has 142 valence electrons. The summed E-state index contributed by atoms with van der Waals surface area (Å²) in [7, 11) is 0. The van der Waals surface area contributed by atoms with Crippen LogP contribution in [0.5, 0.6) is 0 Å². The van der Waals surface area contributed by atoms with Gasteiger partial charge in [-0.05, 0) is 30.0 Å². The van der Waals surface area contributed by atoms with Gasteiger partial charge in [0, 0.05) is 25.5 Å². The van der Waals surface area contributed by atoms with Crippen molar-refractivity contribution in [1.82, 2.24) is 20.9 Å². The van der Waals surface area contributed by atoms with E-state index in [0.717, 1.165) is 30.4 Å². The van der Waals surface area contributed by atoms with Gasteiger partial charge >= 0.3 is 6.03 Å². The fourth-order valence-corrected chi connectivity index (χ4v) is 3.46. The zero-order chi connectivity index (χ0) is 19.0. The van der Waals surface area contributed by atoms with Gasteiger partial charge in [0.2, 0.25) is 5.91 Å². The van der Waals surface area contributed by atoms with E-state index in [2.05, 4.69) is 20.9 Å². The van der Waals surface area contributed by atoms with Gasteiger partial charge in [-0.15, -0.1) is 0 Å². The van der Waals surface area contributed by atoms with E-state index in [-0.39, 0.29) is 11.9 Å². The number of carbonyl (C=O) groups is 2. The smallest absolute Gasteiger partial charge is 0.315 e. The Kier molecular flexibility index (Phi) is 6.41. The van der Waals surface area contributed by atoms with Gasteiger partial charge in [-0.1, -0.05) is 55.7 Å². The van der Waals surface area contributed by atoms with E-state index in [1.807, 2.05) is 42.5 Å². The van der Waals surface area contributed by atoms with E-state index in [9.17, 15) is 9.59 Å². The molecule has 1 aromatic heterocycles. The topological polar surface area (TPSA) is 83.1 Å². The number of hydrogen-bond donors (Lipinski definition) is 3. The molecule has 6 nitrogen and oxygen atoms in total. The molecule has 2 aromatic rings. The van der Waals surface area contributed by atoms with Gasteiger partial charge in [-0.2, -0.15) is 0 Å². The summed E-state index contributed by atoms with van der Waals surface area (Å²) in [5.41, 5.74) is 1.11. The molecule has 27 heavy (non-hydrogen) atoms. The molecule has 3 amide bonds. The maximum Gasteiger partial charge on any atom is 0.315 e. The average molecular weight is 366 g/mol. The van der Waals surface area contributed by atoms with Crippen LogP contribution < -0.4 is 16.0 Å². The lowest BCUT2D eigenvalue weighted by atomic mass is 9.81. The van der Waals surface area contributed by atoms with E-state index in [1.54, 1.807) is 12.4 Å². The lowest BCUT2D eigenvalue weighted by molar-refractivity contribution is -0.128. The number of amides is 3. The van der Waals surface area contributed by atoms with Gasteiger partial charge in [0.05, 0.1) is 0 Å². The zero-order valence-electron chi connectivity index (χ0n) is 15.4. The molecule has 0 aliphatic heterocycles. The molecule has 1 heterocycles. The highest BCUT2D eigenvalue weighted by atomic mass is 16.2. The first-order valence-corrected chi connectivity index (χ1v) is 9.45. The van der Waals surface area contributed by atoms with Crippen molar-refractivity contribution < 1.29 is 9.59 Å². The van der Waals surface area contributed by atoms with E-state index in [0.29, 0.717) is 25.9 Å². The normalized spacial score (nSPS) is 15.6. The van der Waals surface area contributed by atoms with Crippen LogP contribution in [-0.2, 0) is 17.9 Å². The van der Waals surface area contributed by atoms with Crippen molar-refractivity contribution in [1.29, 1.82) is 0 Å². The molecule has 0 bridgehead atoms. The van der Waals surface area contributed by atoms with Crippen LogP contribution in [0, 0.1) is 0 Å².